The molecule has 6 nitrogen and oxygen atoms in total. The standard InChI is InChI=1S/C19H21ClO6/c1-4-26-16(21)13-9-10-19(17(22)24-2,18(23)25-3)15(11-13)12-5-7-14(20)8-6-12/h5-9,15H,4,10-11H2,1-3H3. The maximum absolute atomic E-state index is 12.6. The Labute approximate surface area is 157 Å². The highest BCUT2D eigenvalue weighted by molar-refractivity contribution is 6.30. The van der Waals surface area contributed by atoms with E-state index in [0.717, 1.165) is 0 Å². The molecule has 0 saturated heterocycles. The SMILES string of the molecule is CCOC(=O)C1=CCC(C(=O)OC)(C(=O)OC)C(c2ccc(Cl)cc2)C1. The molecule has 1 aromatic carbocycles. The van der Waals surface area contributed by atoms with E-state index >= 15 is 0 Å². The lowest BCUT2D eigenvalue weighted by Crippen LogP contribution is -2.47. The minimum absolute atomic E-state index is 0.0201. The molecule has 0 heterocycles. The Morgan fingerprint density at radius 1 is 1.12 bits per heavy atom. The van der Waals surface area contributed by atoms with Crippen LogP contribution in [0.4, 0.5) is 0 Å². The number of allylic oxidation sites excluding steroid dienone is 1. The van der Waals surface area contributed by atoms with Gasteiger partial charge in [0.25, 0.3) is 0 Å². The number of carbonyl (C=O) groups excluding carboxylic acids is 3. The number of hydrogen-bond donors (Lipinski definition) is 0. The summed E-state index contributed by atoms with van der Waals surface area (Å²) in [5, 5.41) is 0.521. The number of ether oxygens (including phenoxy) is 3. The van der Waals surface area contributed by atoms with Crippen LogP contribution in [0.2, 0.25) is 5.02 Å². The Bertz CT molecular complexity index is 706. The quantitative estimate of drug-likeness (QED) is 0.444. The van der Waals surface area contributed by atoms with Crippen LogP contribution in [0.3, 0.4) is 0 Å². The number of methoxy groups -OCH3 is 2. The molecule has 0 amide bonds. The lowest BCUT2D eigenvalue weighted by Gasteiger charge is -2.38. The third-order valence-electron chi connectivity index (χ3n) is 4.60. The number of rotatable bonds is 5. The first-order chi connectivity index (χ1) is 12.4. The zero-order valence-corrected chi connectivity index (χ0v) is 15.7. The Balaban J connectivity index is 2.58. The Hall–Kier alpha value is -2.34. The molecule has 2 rings (SSSR count). The lowest BCUT2D eigenvalue weighted by molar-refractivity contribution is -0.172. The summed E-state index contributed by atoms with van der Waals surface area (Å²) >= 11 is 5.95. The van der Waals surface area contributed by atoms with Crippen molar-refractivity contribution in [3.05, 3.63) is 46.5 Å². The molecule has 0 N–H and O–H groups in total. The predicted molar refractivity (Wildman–Crippen MR) is 94.6 cm³/mol. The van der Waals surface area contributed by atoms with Gasteiger partial charge in [0.1, 0.15) is 0 Å². The largest absolute Gasteiger partial charge is 0.468 e. The molecule has 1 aliphatic rings. The van der Waals surface area contributed by atoms with Crippen LogP contribution >= 0.6 is 11.6 Å². The van der Waals surface area contributed by atoms with Crippen LogP contribution in [0.25, 0.3) is 0 Å². The highest BCUT2D eigenvalue weighted by atomic mass is 35.5. The van der Waals surface area contributed by atoms with E-state index in [9.17, 15) is 14.4 Å². The van der Waals surface area contributed by atoms with Gasteiger partial charge >= 0.3 is 17.9 Å². The molecule has 0 aromatic heterocycles. The molecule has 1 aliphatic carbocycles. The molecule has 0 fully saturated rings. The summed E-state index contributed by atoms with van der Waals surface area (Å²) in [5.41, 5.74) is -0.483. The van der Waals surface area contributed by atoms with Gasteiger partial charge in [0, 0.05) is 16.5 Å². The molecule has 1 unspecified atom stereocenters. The molecule has 140 valence electrons. The van der Waals surface area contributed by atoms with Crippen LogP contribution in [-0.4, -0.2) is 38.7 Å². The van der Waals surface area contributed by atoms with Gasteiger partial charge in [0.2, 0.25) is 0 Å². The summed E-state index contributed by atoms with van der Waals surface area (Å²) < 4.78 is 14.9. The molecule has 0 aliphatic heterocycles. The van der Waals surface area contributed by atoms with E-state index in [-0.39, 0.29) is 19.4 Å². The second kappa shape index (κ2) is 8.36. The van der Waals surface area contributed by atoms with Gasteiger partial charge in [-0.05, 0) is 37.5 Å². The van der Waals surface area contributed by atoms with Crippen molar-refractivity contribution in [3.8, 4) is 0 Å². The summed E-state index contributed by atoms with van der Waals surface area (Å²) in [5.74, 6) is -2.52. The average molecular weight is 381 g/mol. The Morgan fingerprint density at radius 2 is 1.69 bits per heavy atom. The van der Waals surface area contributed by atoms with E-state index in [2.05, 4.69) is 0 Å². The van der Waals surface area contributed by atoms with Crippen LogP contribution in [0.1, 0.15) is 31.2 Å². The number of esters is 3. The van der Waals surface area contributed by atoms with Gasteiger partial charge < -0.3 is 14.2 Å². The summed E-state index contributed by atoms with van der Waals surface area (Å²) in [6, 6.07) is 6.78. The minimum Gasteiger partial charge on any atom is -0.468 e. The fourth-order valence-corrected chi connectivity index (χ4v) is 3.42. The zero-order valence-electron chi connectivity index (χ0n) is 14.9. The van der Waals surface area contributed by atoms with Gasteiger partial charge in [0.15, 0.2) is 5.41 Å². The van der Waals surface area contributed by atoms with Crippen molar-refractivity contribution >= 4 is 29.5 Å². The second-order valence-electron chi connectivity index (χ2n) is 5.92. The van der Waals surface area contributed by atoms with Crippen molar-refractivity contribution < 1.29 is 28.6 Å². The molecule has 26 heavy (non-hydrogen) atoms. The second-order valence-corrected chi connectivity index (χ2v) is 6.35. The van der Waals surface area contributed by atoms with E-state index in [1.54, 1.807) is 37.3 Å². The molecule has 0 saturated carbocycles. The smallest absolute Gasteiger partial charge is 0.333 e. The van der Waals surface area contributed by atoms with E-state index in [1.807, 2.05) is 0 Å². The van der Waals surface area contributed by atoms with Crippen molar-refractivity contribution in [3.63, 3.8) is 0 Å². The molecule has 1 aromatic rings. The fourth-order valence-electron chi connectivity index (χ4n) is 3.29. The first-order valence-electron chi connectivity index (χ1n) is 8.19. The summed E-state index contributed by atoms with van der Waals surface area (Å²) in [6.07, 6.45) is 1.68. The van der Waals surface area contributed by atoms with Crippen LogP contribution in [0.15, 0.2) is 35.9 Å². The van der Waals surface area contributed by atoms with Crippen LogP contribution < -0.4 is 0 Å². The highest BCUT2D eigenvalue weighted by Crippen LogP contribution is 2.49. The normalized spacial score (nSPS) is 18.5. The van der Waals surface area contributed by atoms with Crippen molar-refractivity contribution in [2.24, 2.45) is 5.41 Å². The molecule has 0 bridgehead atoms. The predicted octanol–water partition coefficient (Wildman–Crippen LogP) is 3.04. The Morgan fingerprint density at radius 3 is 2.19 bits per heavy atom. The Kier molecular flexibility index (Phi) is 6.42. The fraction of sp³-hybridized carbons (Fsp3) is 0.421. The summed E-state index contributed by atoms with van der Waals surface area (Å²) in [6.45, 7) is 1.95. The molecule has 0 radical (unpaired) electrons. The van der Waals surface area contributed by atoms with E-state index < -0.39 is 29.2 Å². The van der Waals surface area contributed by atoms with E-state index in [0.29, 0.717) is 16.2 Å². The van der Waals surface area contributed by atoms with Crippen molar-refractivity contribution in [2.75, 3.05) is 20.8 Å². The van der Waals surface area contributed by atoms with Gasteiger partial charge in [-0.15, -0.1) is 0 Å². The number of carbonyl (C=O) groups is 3. The average Bonchev–Trinajstić information content (AvgIpc) is 2.67. The molecule has 1 atom stereocenters. The third-order valence-corrected chi connectivity index (χ3v) is 4.85. The number of hydrogen-bond acceptors (Lipinski definition) is 6. The highest BCUT2D eigenvalue weighted by Gasteiger charge is 2.56. The zero-order chi connectivity index (χ0) is 19.3. The lowest BCUT2D eigenvalue weighted by atomic mass is 9.64. The van der Waals surface area contributed by atoms with Gasteiger partial charge in [-0.25, -0.2) is 4.79 Å². The van der Waals surface area contributed by atoms with Crippen LogP contribution in [-0.2, 0) is 28.6 Å². The van der Waals surface area contributed by atoms with Crippen molar-refractivity contribution in [1.82, 2.24) is 0 Å². The van der Waals surface area contributed by atoms with Crippen molar-refractivity contribution in [2.45, 2.75) is 25.7 Å². The molecular formula is C19H21ClO6. The van der Waals surface area contributed by atoms with Gasteiger partial charge in [-0.1, -0.05) is 29.8 Å². The maximum atomic E-state index is 12.6. The van der Waals surface area contributed by atoms with E-state index in [1.165, 1.54) is 14.2 Å². The van der Waals surface area contributed by atoms with Gasteiger partial charge in [-0.2, -0.15) is 0 Å². The number of benzene rings is 1. The first-order valence-corrected chi connectivity index (χ1v) is 8.56. The first kappa shape index (κ1) is 20.0. The molecular weight excluding hydrogens is 360 g/mol. The minimum atomic E-state index is -1.58. The molecule has 0 spiro atoms. The molecule has 7 heteroatoms. The van der Waals surface area contributed by atoms with Gasteiger partial charge in [-0.3, -0.25) is 9.59 Å². The van der Waals surface area contributed by atoms with Crippen molar-refractivity contribution in [1.29, 1.82) is 0 Å². The van der Waals surface area contributed by atoms with E-state index in [4.69, 9.17) is 25.8 Å². The maximum Gasteiger partial charge on any atom is 0.333 e. The van der Waals surface area contributed by atoms with Crippen LogP contribution in [0, 0.1) is 5.41 Å². The summed E-state index contributed by atoms with van der Waals surface area (Å²) in [7, 11) is 2.44. The van der Waals surface area contributed by atoms with Crippen LogP contribution in [0.5, 0.6) is 0 Å². The topological polar surface area (TPSA) is 78.9 Å². The van der Waals surface area contributed by atoms with Gasteiger partial charge in [0.05, 0.1) is 20.8 Å². The third kappa shape index (κ3) is 3.60. The monoisotopic (exact) mass is 380 g/mol. The number of halogens is 1. The summed E-state index contributed by atoms with van der Waals surface area (Å²) in [4.78, 5) is 37.5.